The zero-order valence-corrected chi connectivity index (χ0v) is 12.1. The molecule has 1 aliphatic rings. The van der Waals surface area contributed by atoms with E-state index in [2.05, 4.69) is 20.8 Å². The molecule has 0 radical (unpaired) electrons. The van der Waals surface area contributed by atoms with E-state index in [1.807, 2.05) is 11.9 Å². The minimum Gasteiger partial charge on any atom is -0.336 e. The summed E-state index contributed by atoms with van der Waals surface area (Å²) in [6.45, 7) is 4.87. The number of halogens is 2. The Balaban J connectivity index is 2.21. The van der Waals surface area contributed by atoms with Crippen molar-refractivity contribution in [1.29, 1.82) is 0 Å². The van der Waals surface area contributed by atoms with Crippen LogP contribution in [0.25, 0.3) is 0 Å². The summed E-state index contributed by atoms with van der Waals surface area (Å²) in [5.74, 6) is -0.324. The summed E-state index contributed by atoms with van der Waals surface area (Å²) in [5.41, 5.74) is 1.04. The summed E-state index contributed by atoms with van der Waals surface area (Å²) in [7, 11) is 2.04. The summed E-state index contributed by atoms with van der Waals surface area (Å²) in [4.78, 5) is 16.4. The number of likely N-dealkylation sites (N-methyl/N-ethyl adjacent to an activating group) is 1. The molecule has 1 aromatic rings. The van der Waals surface area contributed by atoms with Gasteiger partial charge in [0.1, 0.15) is 5.82 Å². The third kappa shape index (κ3) is 2.72. The van der Waals surface area contributed by atoms with Crippen molar-refractivity contribution in [3.63, 3.8) is 0 Å². The van der Waals surface area contributed by atoms with Crippen LogP contribution in [0.1, 0.15) is 15.9 Å². The molecule has 1 aromatic carbocycles. The van der Waals surface area contributed by atoms with Crippen molar-refractivity contribution in [2.24, 2.45) is 0 Å². The van der Waals surface area contributed by atoms with Crippen LogP contribution in [0.4, 0.5) is 4.39 Å². The second kappa shape index (κ2) is 5.36. The van der Waals surface area contributed by atoms with E-state index in [0.29, 0.717) is 15.6 Å². The summed E-state index contributed by atoms with van der Waals surface area (Å²) in [6, 6.07) is 2.97. The number of carbonyl (C=O) groups is 1. The van der Waals surface area contributed by atoms with Gasteiger partial charge in [-0.2, -0.15) is 0 Å². The van der Waals surface area contributed by atoms with Gasteiger partial charge < -0.3 is 9.80 Å². The first-order chi connectivity index (χ1) is 8.49. The summed E-state index contributed by atoms with van der Waals surface area (Å²) < 4.78 is 13.9. The molecule has 0 aliphatic carbocycles. The van der Waals surface area contributed by atoms with Gasteiger partial charge in [0.15, 0.2) is 0 Å². The topological polar surface area (TPSA) is 23.6 Å². The first kappa shape index (κ1) is 13.5. The van der Waals surface area contributed by atoms with E-state index in [-0.39, 0.29) is 11.7 Å². The smallest absolute Gasteiger partial charge is 0.255 e. The second-order valence-electron chi connectivity index (χ2n) is 4.68. The second-order valence-corrected chi connectivity index (χ2v) is 5.53. The molecule has 98 valence electrons. The number of piperazine rings is 1. The Morgan fingerprint density at radius 1 is 1.28 bits per heavy atom. The van der Waals surface area contributed by atoms with Crippen molar-refractivity contribution in [2.45, 2.75) is 6.92 Å². The van der Waals surface area contributed by atoms with Gasteiger partial charge in [-0.05, 0) is 47.6 Å². The predicted octanol–water partition coefficient (Wildman–Crippen LogP) is 2.28. The van der Waals surface area contributed by atoms with Crippen molar-refractivity contribution < 1.29 is 9.18 Å². The fourth-order valence-electron chi connectivity index (χ4n) is 2.00. The summed E-state index contributed by atoms with van der Waals surface area (Å²) in [5, 5.41) is 0. The normalized spacial score (nSPS) is 17.0. The van der Waals surface area contributed by atoms with Crippen LogP contribution in [-0.4, -0.2) is 48.9 Å². The quantitative estimate of drug-likeness (QED) is 0.794. The number of aryl methyl sites for hydroxylation is 1. The highest BCUT2D eigenvalue weighted by Gasteiger charge is 2.22. The molecule has 0 aromatic heterocycles. The van der Waals surface area contributed by atoms with Crippen LogP contribution >= 0.6 is 15.9 Å². The van der Waals surface area contributed by atoms with Crippen molar-refractivity contribution in [1.82, 2.24) is 9.80 Å². The Kier molecular flexibility index (Phi) is 4.02. The van der Waals surface area contributed by atoms with E-state index in [1.165, 1.54) is 6.07 Å². The lowest BCUT2D eigenvalue weighted by molar-refractivity contribution is 0.0663. The van der Waals surface area contributed by atoms with Gasteiger partial charge in [0.25, 0.3) is 5.91 Å². The molecule has 0 atom stereocenters. The molecule has 0 N–H and O–H groups in total. The monoisotopic (exact) mass is 314 g/mol. The number of rotatable bonds is 1. The number of benzene rings is 1. The highest BCUT2D eigenvalue weighted by Crippen LogP contribution is 2.22. The van der Waals surface area contributed by atoms with E-state index >= 15 is 0 Å². The van der Waals surface area contributed by atoms with Crippen LogP contribution in [0.2, 0.25) is 0 Å². The molecule has 0 unspecified atom stereocenters. The molecule has 1 aliphatic heterocycles. The Labute approximate surface area is 115 Å². The summed E-state index contributed by atoms with van der Waals surface area (Å²) >= 11 is 3.26. The fourth-order valence-corrected chi connectivity index (χ4v) is 2.49. The van der Waals surface area contributed by atoms with Gasteiger partial charge in [-0.1, -0.05) is 0 Å². The van der Waals surface area contributed by atoms with Gasteiger partial charge in [0.05, 0.1) is 5.56 Å². The average Bonchev–Trinajstić information content (AvgIpc) is 2.34. The third-order valence-electron chi connectivity index (χ3n) is 3.27. The first-order valence-corrected chi connectivity index (χ1v) is 6.72. The number of hydrogen-bond acceptors (Lipinski definition) is 2. The van der Waals surface area contributed by atoms with Crippen LogP contribution in [-0.2, 0) is 0 Å². The van der Waals surface area contributed by atoms with Crippen LogP contribution in [0.15, 0.2) is 16.6 Å². The minimum atomic E-state index is -0.295. The Hall–Kier alpha value is -0.940. The van der Waals surface area contributed by atoms with Crippen LogP contribution in [0.5, 0.6) is 0 Å². The maximum Gasteiger partial charge on any atom is 0.255 e. The third-order valence-corrected chi connectivity index (χ3v) is 3.93. The molecule has 2 rings (SSSR count). The Bertz CT molecular complexity index is 470. The number of nitrogens with zero attached hydrogens (tertiary/aromatic N) is 2. The van der Waals surface area contributed by atoms with Gasteiger partial charge in [-0.25, -0.2) is 4.39 Å². The molecule has 1 saturated heterocycles. The van der Waals surface area contributed by atoms with Gasteiger partial charge in [0, 0.05) is 30.7 Å². The molecule has 1 amide bonds. The van der Waals surface area contributed by atoms with E-state index < -0.39 is 0 Å². The lowest BCUT2D eigenvalue weighted by atomic mass is 10.1. The Morgan fingerprint density at radius 3 is 2.50 bits per heavy atom. The molecule has 1 fully saturated rings. The number of amides is 1. The molecule has 0 spiro atoms. The van der Waals surface area contributed by atoms with Crippen LogP contribution in [0, 0.1) is 12.7 Å². The highest BCUT2D eigenvalue weighted by atomic mass is 79.9. The Morgan fingerprint density at radius 2 is 1.89 bits per heavy atom. The zero-order chi connectivity index (χ0) is 13.3. The lowest BCUT2D eigenvalue weighted by Gasteiger charge is -2.32. The van der Waals surface area contributed by atoms with Crippen molar-refractivity contribution in [2.75, 3.05) is 33.2 Å². The van der Waals surface area contributed by atoms with Gasteiger partial charge in [-0.3, -0.25) is 4.79 Å². The largest absolute Gasteiger partial charge is 0.336 e. The zero-order valence-electron chi connectivity index (χ0n) is 10.5. The van der Waals surface area contributed by atoms with Crippen LogP contribution in [0.3, 0.4) is 0 Å². The molecule has 0 saturated carbocycles. The predicted molar refractivity (Wildman–Crippen MR) is 72.2 cm³/mol. The van der Waals surface area contributed by atoms with E-state index in [4.69, 9.17) is 0 Å². The maximum atomic E-state index is 13.4. The molecule has 18 heavy (non-hydrogen) atoms. The fraction of sp³-hybridized carbons (Fsp3) is 0.462. The standard InChI is InChI=1S/C13H16BrFN2O/c1-9-7-10(11(14)8-12(9)15)13(18)17-5-3-16(2)4-6-17/h7-8H,3-6H2,1-2H3. The molecular weight excluding hydrogens is 299 g/mol. The molecule has 1 heterocycles. The number of carbonyl (C=O) groups excluding carboxylic acids is 1. The highest BCUT2D eigenvalue weighted by molar-refractivity contribution is 9.10. The van der Waals surface area contributed by atoms with Crippen molar-refractivity contribution >= 4 is 21.8 Å². The van der Waals surface area contributed by atoms with E-state index in [9.17, 15) is 9.18 Å². The van der Waals surface area contributed by atoms with Gasteiger partial charge in [0.2, 0.25) is 0 Å². The van der Waals surface area contributed by atoms with E-state index in [0.717, 1.165) is 26.2 Å². The molecular formula is C13H16BrFN2O. The maximum absolute atomic E-state index is 13.4. The molecule has 3 nitrogen and oxygen atoms in total. The summed E-state index contributed by atoms with van der Waals surface area (Å²) in [6.07, 6.45) is 0. The van der Waals surface area contributed by atoms with Crippen molar-refractivity contribution in [3.05, 3.63) is 33.5 Å². The lowest BCUT2D eigenvalue weighted by Crippen LogP contribution is -2.47. The number of hydrogen-bond donors (Lipinski definition) is 0. The van der Waals surface area contributed by atoms with Gasteiger partial charge >= 0.3 is 0 Å². The average molecular weight is 315 g/mol. The SMILES string of the molecule is Cc1cc(C(=O)N2CCN(C)CC2)c(Br)cc1F. The van der Waals surface area contributed by atoms with E-state index in [1.54, 1.807) is 13.0 Å². The van der Waals surface area contributed by atoms with Gasteiger partial charge in [-0.15, -0.1) is 0 Å². The van der Waals surface area contributed by atoms with Crippen LogP contribution < -0.4 is 0 Å². The molecule has 5 heteroatoms. The first-order valence-electron chi connectivity index (χ1n) is 5.92. The minimum absolute atomic E-state index is 0.0296. The molecule has 0 bridgehead atoms. The van der Waals surface area contributed by atoms with Crippen molar-refractivity contribution in [3.8, 4) is 0 Å².